The van der Waals surface area contributed by atoms with Crippen LogP contribution in [0, 0.1) is 12.7 Å². The maximum Gasteiger partial charge on any atom is 0.254 e. The van der Waals surface area contributed by atoms with E-state index in [0.717, 1.165) is 10.4 Å². The third-order valence-corrected chi connectivity index (χ3v) is 4.30. The molecule has 19 heavy (non-hydrogen) atoms. The van der Waals surface area contributed by atoms with E-state index in [1.807, 2.05) is 5.43 Å². The Morgan fingerprint density at radius 2 is 2.11 bits per heavy atom. The van der Waals surface area contributed by atoms with Crippen LogP contribution in [0.25, 0.3) is 0 Å². The smallest absolute Gasteiger partial charge is 0.254 e. The second-order valence-corrected chi connectivity index (χ2v) is 6.09. The minimum Gasteiger partial charge on any atom is -0.293 e. The second-order valence-electron chi connectivity index (χ2n) is 3.91. The Morgan fingerprint density at radius 3 is 2.58 bits per heavy atom. The Bertz CT molecular complexity index is 575. The molecule has 0 saturated carbocycles. The van der Waals surface area contributed by atoms with E-state index in [9.17, 15) is 17.6 Å². The van der Waals surface area contributed by atoms with Crippen LogP contribution < -0.4 is 15.6 Å². The summed E-state index contributed by atoms with van der Waals surface area (Å²) in [5.41, 5.74) is 2.55. The van der Waals surface area contributed by atoms with E-state index in [4.69, 9.17) is 5.84 Å². The molecule has 6 nitrogen and oxygen atoms in total. The maximum atomic E-state index is 13.1. The van der Waals surface area contributed by atoms with Crippen LogP contribution in [0.1, 0.15) is 12.5 Å². The number of sulfonamides is 1. The van der Waals surface area contributed by atoms with Gasteiger partial charge in [-0.15, -0.1) is 0 Å². The average Bonchev–Trinajstić information content (AvgIpc) is 2.36. The van der Waals surface area contributed by atoms with Gasteiger partial charge >= 0.3 is 0 Å². The Kier molecular flexibility index (Phi) is 4.84. The number of carbonyl (C=O) groups is 1. The number of rotatable bonds is 5. The number of anilines is 1. The van der Waals surface area contributed by atoms with E-state index < -0.39 is 28.3 Å². The van der Waals surface area contributed by atoms with Gasteiger partial charge in [-0.1, -0.05) is 0 Å². The third kappa shape index (κ3) is 3.65. The highest BCUT2D eigenvalue weighted by Gasteiger charge is 2.24. The van der Waals surface area contributed by atoms with E-state index in [1.165, 1.54) is 19.1 Å². The summed E-state index contributed by atoms with van der Waals surface area (Å²) < 4.78 is 38.0. The first-order chi connectivity index (χ1) is 8.81. The zero-order chi connectivity index (χ0) is 14.6. The number of hydrazine groups is 1. The molecule has 0 aliphatic heterocycles. The Labute approximate surface area is 111 Å². The van der Waals surface area contributed by atoms with Crippen molar-refractivity contribution in [2.45, 2.75) is 13.8 Å². The minimum absolute atomic E-state index is 0.179. The molecule has 0 fully saturated rings. The number of hydrogen-bond donors (Lipinski definition) is 2. The Hall–Kier alpha value is -1.67. The number of nitrogens with two attached hydrogens (primary N) is 1. The first kappa shape index (κ1) is 15.4. The van der Waals surface area contributed by atoms with Crippen LogP contribution in [0.2, 0.25) is 0 Å². The van der Waals surface area contributed by atoms with Crippen molar-refractivity contribution in [2.75, 3.05) is 16.6 Å². The molecule has 3 N–H and O–H groups in total. The highest BCUT2D eigenvalue weighted by Crippen LogP contribution is 2.23. The van der Waals surface area contributed by atoms with Crippen molar-refractivity contribution in [3.63, 3.8) is 0 Å². The summed E-state index contributed by atoms with van der Waals surface area (Å²) >= 11 is 0. The molecular weight excluding hydrogens is 273 g/mol. The maximum absolute atomic E-state index is 13.1. The summed E-state index contributed by atoms with van der Waals surface area (Å²) in [4.78, 5) is 11.3. The van der Waals surface area contributed by atoms with E-state index in [1.54, 1.807) is 6.92 Å². The number of halogens is 1. The van der Waals surface area contributed by atoms with Crippen molar-refractivity contribution >= 4 is 21.6 Å². The molecule has 0 bridgehead atoms. The van der Waals surface area contributed by atoms with Crippen LogP contribution >= 0.6 is 0 Å². The van der Waals surface area contributed by atoms with Crippen LogP contribution in [0.15, 0.2) is 18.2 Å². The van der Waals surface area contributed by atoms with Gasteiger partial charge in [-0.05, 0) is 37.6 Å². The van der Waals surface area contributed by atoms with Crippen molar-refractivity contribution in [2.24, 2.45) is 5.84 Å². The van der Waals surface area contributed by atoms with Gasteiger partial charge < -0.3 is 0 Å². The second kappa shape index (κ2) is 5.98. The van der Waals surface area contributed by atoms with Gasteiger partial charge in [0.05, 0.1) is 11.4 Å². The third-order valence-electron chi connectivity index (χ3n) is 2.58. The number of hydrogen-bond acceptors (Lipinski definition) is 4. The first-order valence-corrected chi connectivity index (χ1v) is 7.18. The normalized spacial score (nSPS) is 11.2. The number of amides is 1. The van der Waals surface area contributed by atoms with E-state index in [2.05, 4.69) is 0 Å². The van der Waals surface area contributed by atoms with Crippen LogP contribution in [-0.4, -0.2) is 26.6 Å². The minimum atomic E-state index is -3.66. The molecule has 0 heterocycles. The van der Waals surface area contributed by atoms with E-state index in [0.29, 0.717) is 5.56 Å². The Morgan fingerprint density at radius 1 is 1.47 bits per heavy atom. The van der Waals surface area contributed by atoms with Gasteiger partial charge in [0, 0.05) is 0 Å². The molecule has 8 heteroatoms. The van der Waals surface area contributed by atoms with Gasteiger partial charge in [-0.25, -0.2) is 18.7 Å². The van der Waals surface area contributed by atoms with Gasteiger partial charge in [0.1, 0.15) is 12.4 Å². The quantitative estimate of drug-likeness (QED) is 0.462. The van der Waals surface area contributed by atoms with Gasteiger partial charge in [-0.2, -0.15) is 0 Å². The van der Waals surface area contributed by atoms with Crippen molar-refractivity contribution in [3.8, 4) is 0 Å². The van der Waals surface area contributed by atoms with Gasteiger partial charge in [0.15, 0.2) is 0 Å². The fraction of sp³-hybridized carbons (Fsp3) is 0.364. The predicted molar refractivity (Wildman–Crippen MR) is 70.3 cm³/mol. The van der Waals surface area contributed by atoms with Crippen LogP contribution in [0.3, 0.4) is 0 Å². The van der Waals surface area contributed by atoms with Gasteiger partial charge in [0.2, 0.25) is 10.0 Å². The SMILES string of the molecule is CCS(=O)(=O)N(CC(=O)NN)c1ccc(F)cc1C. The number of carbonyl (C=O) groups excluding carboxylic acids is 1. The molecule has 106 valence electrons. The number of aryl methyl sites for hydroxylation is 1. The first-order valence-electron chi connectivity index (χ1n) is 5.57. The molecule has 0 aliphatic carbocycles. The lowest BCUT2D eigenvalue weighted by Crippen LogP contribution is -2.44. The molecule has 1 aromatic carbocycles. The molecule has 1 aromatic rings. The fourth-order valence-corrected chi connectivity index (χ4v) is 2.69. The highest BCUT2D eigenvalue weighted by molar-refractivity contribution is 7.92. The monoisotopic (exact) mass is 289 g/mol. The number of nitrogens with one attached hydrogen (secondary N) is 1. The fourth-order valence-electron chi connectivity index (χ4n) is 1.56. The van der Waals surface area contributed by atoms with E-state index in [-0.39, 0.29) is 11.4 Å². The predicted octanol–water partition coefficient (Wildman–Crippen LogP) is 0.280. The topological polar surface area (TPSA) is 92.5 Å². The molecule has 0 aliphatic rings. The molecule has 0 radical (unpaired) electrons. The molecule has 1 amide bonds. The van der Waals surface area contributed by atoms with E-state index >= 15 is 0 Å². The summed E-state index contributed by atoms with van der Waals surface area (Å²) in [6.07, 6.45) is 0. The Balaban J connectivity index is 3.27. The van der Waals surface area contributed by atoms with Crippen LogP contribution in [0.4, 0.5) is 10.1 Å². The molecule has 0 aromatic heterocycles. The standard InChI is InChI=1S/C11H16FN3O3S/c1-3-19(17,18)15(7-11(16)14-13)10-5-4-9(12)6-8(10)2/h4-6H,3,7,13H2,1-2H3,(H,14,16). The van der Waals surface area contributed by atoms with Crippen molar-refractivity contribution in [1.82, 2.24) is 5.43 Å². The van der Waals surface area contributed by atoms with Crippen LogP contribution in [0.5, 0.6) is 0 Å². The lowest BCUT2D eigenvalue weighted by Gasteiger charge is -2.24. The van der Waals surface area contributed by atoms with Crippen molar-refractivity contribution in [3.05, 3.63) is 29.6 Å². The van der Waals surface area contributed by atoms with Gasteiger partial charge in [-0.3, -0.25) is 14.5 Å². The largest absolute Gasteiger partial charge is 0.293 e. The summed E-state index contributed by atoms with van der Waals surface area (Å²) in [5, 5.41) is 0. The lowest BCUT2D eigenvalue weighted by molar-refractivity contribution is -0.119. The van der Waals surface area contributed by atoms with Crippen molar-refractivity contribution < 1.29 is 17.6 Å². The highest BCUT2D eigenvalue weighted by atomic mass is 32.2. The number of benzene rings is 1. The zero-order valence-corrected chi connectivity index (χ0v) is 11.5. The summed E-state index contributed by atoms with van der Waals surface area (Å²) in [7, 11) is -3.66. The number of nitrogens with zero attached hydrogens (tertiary/aromatic N) is 1. The lowest BCUT2D eigenvalue weighted by atomic mass is 10.2. The van der Waals surface area contributed by atoms with Crippen LogP contribution in [-0.2, 0) is 14.8 Å². The summed E-state index contributed by atoms with van der Waals surface area (Å²) in [6, 6.07) is 3.66. The summed E-state index contributed by atoms with van der Waals surface area (Å²) in [5.74, 6) is 3.66. The molecule has 0 saturated heterocycles. The zero-order valence-electron chi connectivity index (χ0n) is 10.7. The summed E-state index contributed by atoms with van der Waals surface area (Å²) in [6.45, 7) is 2.58. The van der Waals surface area contributed by atoms with Gasteiger partial charge in [0.25, 0.3) is 5.91 Å². The molecule has 0 atom stereocenters. The van der Waals surface area contributed by atoms with Crippen molar-refractivity contribution in [1.29, 1.82) is 0 Å². The molecule has 0 unspecified atom stereocenters. The average molecular weight is 289 g/mol. The molecule has 0 spiro atoms. The molecular formula is C11H16FN3O3S. The molecule has 1 rings (SSSR count).